The number of ether oxygens (including phenoxy) is 1. The van der Waals surface area contributed by atoms with Gasteiger partial charge in [-0.2, -0.15) is 0 Å². The van der Waals surface area contributed by atoms with Crippen LogP contribution in [0.3, 0.4) is 0 Å². The number of amides is 3. The topological polar surface area (TPSA) is 82.2 Å². The number of benzene rings is 1. The number of rotatable bonds is 7. The van der Waals surface area contributed by atoms with Crippen molar-refractivity contribution in [3.8, 4) is 5.75 Å². The van der Waals surface area contributed by atoms with E-state index in [1.165, 1.54) is 0 Å². The highest BCUT2D eigenvalue weighted by Crippen LogP contribution is 2.19. The standard InChI is InChI=1S/C22H30N4O4/c1-30-20-8-3-2-6-18(20)7-4-11-25-13-9-23-22(29)19(25)16-21(28)26-12-5-10-24(17-27)14-15-26/h2-4,6-8,17,19H,5,9-16H2,1H3,(H,23,29)/b7-4+. The molecule has 2 fully saturated rings. The van der Waals surface area contributed by atoms with E-state index in [2.05, 4.69) is 5.32 Å². The molecule has 2 heterocycles. The van der Waals surface area contributed by atoms with E-state index in [0.29, 0.717) is 45.8 Å². The fourth-order valence-electron chi connectivity index (χ4n) is 3.91. The minimum Gasteiger partial charge on any atom is -0.496 e. The van der Waals surface area contributed by atoms with E-state index >= 15 is 0 Å². The van der Waals surface area contributed by atoms with Crippen molar-refractivity contribution in [1.29, 1.82) is 0 Å². The maximum atomic E-state index is 12.9. The number of nitrogens with one attached hydrogen (secondary N) is 1. The second-order valence-corrected chi connectivity index (χ2v) is 7.53. The van der Waals surface area contributed by atoms with E-state index in [4.69, 9.17) is 4.74 Å². The van der Waals surface area contributed by atoms with Crippen LogP contribution in [0.5, 0.6) is 5.75 Å². The largest absolute Gasteiger partial charge is 0.496 e. The molecule has 1 N–H and O–H groups in total. The number of para-hydroxylation sites is 1. The average molecular weight is 415 g/mol. The highest BCUT2D eigenvalue weighted by Gasteiger charge is 2.32. The molecule has 3 amide bonds. The van der Waals surface area contributed by atoms with E-state index in [0.717, 1.165) is 24.1 Å². The molecular weight excluding hydrogens is 384 g/mol. The summed E-state index contributed by atoms with van der Waals surface area (Å²) in [4.78, 5) is 41.8. The first-order valence-electron chi connectivity index (χ1n) is 10.4. The molecule has 1 unspecified atom stereocenters. The lowest BCUT2D eigenvalue weighted by atomic mass is 10.1. The van der Waals surface area contributed by atoms with E-state index < -0.39 is 6.04 Å². The molecule has 2 aliphatic heterocycles. The molecule has 1 aromatic carbocycles. The van der Waals surface area contributed by atoms with Crippen molar-refractivity contribution < 1.29 is 19.1 Å². The molecule has 0 saturated carbocycles. The molecule has 2 aliphatic rings. The number of carbonyl (C=O) groups is 3. The molecule has 8 heteroatoms. The Bertz CT molecular complexity index is 782. The predicted molar refractivity (Wildman–Crippen MR) is 114 cm³/mol. The van der Waals surface area contributed by atoms with Crippen LogP contribution in [0.4, 0.5) is 0 Å². The van der Waals surface area contributed by atoms with Gasteiger partial charge < -0.3 is 19.9 Å². The SMILES string of the molecule is COc1ccccc1/C=C/CN1CCNC(=O)C1CC(=O)N1CCCN(C=O)CC1. The van der Waals surface area contributed by atoms with E-state index in [1.54, 1.807) is 16.9 Å². The van der Waals surface area contributed by atoms with Crippen molar-refractivity contribution in [1.82, 2.24) is 20.0 Å². The molecule has 162 valence electrons. The van der Waals surface area contributed by atoms with Crippen LogP contribution in [0.15, 0.2) is 30.3 Å². The molecule has 2 saturated heterocycles. The molecular formula is C22H30N4O4. The molecule has 30 heavy (non-hydrogen) atoms. The molecule has 3 rings (SSSR count). The maximum absolute atomic E-state index is 12.9. The van der Waals surface area contributed by atoms with Crippen molar-refractivity contribution in [2.75, 3.05) is 52.9 Å². The predicted octanol–water partition coefficient (Wildman–Crippen LogP) is 0.590. The molecule has 0 aromatic heterocycles. The smallest absolute Gasteiger partial charge is 0.237 e. The van der Waals surface area contributed by atoms with Crippen LogP contribution in [0.2, 0.25) is 0 Å². The van der Waals surface area contributed by atoms with Gasteiger partial charge in [-0.15, -0.1) is 0 Å². The molecule has 0 radical (unpaired) electrons. The van der Waals surface area contributed by atoms with Gasteiger partial charge in [0.25, 0.3) is 0 Å². The molecule has 0 aliphatic carbocycles. The lowest BCUT2D eigenvalue weighted by Crippen LogP contribution is -2.56. The minimum absolute atomic E-state index is 0.0384. The molecule has 0 spiro atoms. The third-order valence-corrected chi connectivity index (χ3v) is 5.62. The van der Waals surface area contributed by atoms with Gasteiger partial charge in [0.2, 0.25) is 18.2 Å². The summed E-state index contributed by atoms with van der Waals surface area (Å²) in [5.41, 5.74) is 0.971. The van der Waals surface area contributed by atoms with Crippen molar-refractivity contribution in [2.24, 2.45) is 0 Å². The summed E-state index contributed by atoms with van der Waals surface area (Å²) in [6.45, 7) is 4.17. The van der Waals surface area contributed by atoms with Gasteiger partial charge in [-0.25, -0.2) is 0 Å². The van der Waals surface area contributed by atoms with Crippen LogP contribution in [-0.4, -0.2) is 91.9 Å². The highest BCUT2D eigenvalue weighted by atomic mass is 16.5. The zero-order valence-electron chi connectivity index (χ0n) is 17.5. The molecule has 8 nitrogen and oxygen atoms in total. The van der Waals surface area contributed by atoms with E-state index in [9.17, 15) is 14.4 Å². The summed E-state index contributed by atoms with van der Waals surface area (Å²) in [5.74, 6) is 0.649. The highest BCUT2D eigenvalue weighted by molar-refractivity contribution is 5.89. The van der Waals surface area contributed by atoms with Gasteiger partial charge in [-0.05, 0) is 12.5 Å². The summed E-state index contributed by atoms with van der Waals surface area (Å²) in [7, 11) is 1.64. The summed E-state index contributed by atoms with van der Waals surface area (Å²) in [6.07, 6.45) is 5.72. The van der Waals surface area contributed by atoms with E-state index in [-0.39, 0.29) is 18.2 Å². The normalized spacial score (nSPS) is 20.7. The minimum atomic E-state index is -0.487. The van der Waals surface area contributed by atoms with Crippen LogP contribution in [0.25, 0.3) is 6.08 Å². The van der Waals surface area contributed by atoms with Gasteiger partial charge >= 0.3 is 0 Å². The summed E-state index contributed by atoms with van der Waals surface area (Å²) < 4.78 is 5.37. The Kier molecular flexibility index (Phi) is 7.84. The number of hydrogen-bond acceptors (Lipinski definition) is 5. The van der Waals surface area contributed by atoms with E-state index in [1.807, 2.05) is 41.3 Å². The third kappa shape index (κ3) is 5.60. The van der Waals surface area contributed by atoms with Crippen LogP contribution >= 0.6 is 0 Å². The van der Waals surface area contributed by atoms with Gasteiger partial charge in [0.15, 0.2) is 0 Å². The number of hydrogen-bond donors (Lipinski definition) is 1. The first-order chi connectivity index (χ1) is 14.6. The lowest BCUT2D eigenvalue weighted by molar-refractivity contribution is -0.138. The van der Waals surface area contributed by atoms with Crippen molar-refractivity contribution in [2.45, 2.75) is 18.9 Å². The van der Waals surface area contributed by atoms with Gasteiger partial charge in [0.05, 0.1) is 19.6 Å². The Hall–Kier alpha value is -2.87. The van der Waals surface area contributed by atoms with Crippen LogP contribution in [-0.2, 0) is 14.4 Å². The van der Waals surface area contributed by atoms with Gasteiger partial charge in [0.1, 0.15) is 5.75 Å². The fourth-order valence-corrected chi connectivity index (χ4v) is 3.91. The lowest BCUT2D eigenvalue weighted by Gasteiger charge is -2.35. The van der Waals surface area contributed by atoms with Crippen molar-refractivity contribution in [3.63, 3.8) is 0 Å². The monoisotopic (exact) mass is 414 g/mol. The molecule has 0 bridgehead atoms. The quantitative estimate of drug-likeness (QED) is 0.661. The van der Waals surface area contributed by atoms with Gasteiger partial charge in [-0.3, -0.25) is 19.3 Å². The Morgan fingerprint density at radius 2 is 2.03 bits per heavy atom. The second-order valence-electron chi connectivity index (χ2n) is 7.53. The Labute approximate surface area is 177 Å². The summed E-state index contributed by atoms with van der Waals surface area (Å²) >= 11 is 0. The van der Waals surface area contributed by atoms with Crippen LogP contribution in [0, 0.1) is 0 Å². The molecule has 1 atom stereocenters. The fraction of sp³-hybridized carbons (Fsp3) is 0.500. The Morgan fingerprint density at radius 1 is 1.20 bits per heavy atom. The summed E-state index contributed by atoms with van der Waals surface area (Å²) in [6, 6.07) is 7.26. The summed E-state index contributed by atoms with van der Waals surface area (Å²) in [5, 5.41) is 2.88. The number of nitrogens with zero attached hydrogens (tertiary/aromatic N) is 3. The van der Waals surface area contributed by atoms with Crippen LogP contribution in [0.1, 0.15) is 18.4 Å². The first kappa shape index (κ1) is 21.8. The number of carbonyl (C=O) groups excluding carboxylic acids is 3. The number of methoxy groups -OCH3 is 1. The van der Waals surface area contributed by atoms with Crippen LogP contribution < -0.4 is 10.1 Å². The zero-order chi connectivity index (χ0) is 21.3. The average Bonchev–Trinajstić information content (AvgIpc) is 3.02. The second kappa shape index (κ2) is 10.8. The third-order valence-electron chi connectivity index (χ3n) is 5.62. The number of piperazine rings is 1. The first-order valence-corrected chi connectivity index (χ1v) is 10.4. The van der Waals surface area contributed by atoms with Crippen molar-refractivity contribution >= 4 is 24.3 Å². The Balaban J connectivity index is 1.61. The van der Waals surface area contributed by atoms with Gasteiger partial charge in [0, 0.05) is 51.4 Å². The Morgan fingerprint density at radius 3 is 2.83 bits per heavy atom. The molecule has 1 aromatic rings. The maximum Gasteiger partial charge on any atom is 0.237 e. The van der Waals surface area contributed by atoms with Gasteiger partial charge in [-0.1, -0.05) is 30.4 Å². The zero-order valence-corrected chi connectivity index (χ0v) is 17.5. The van der Waals surface area contributed by atoms with Crippen molar-refractivity contribution in [3.05, 3.63) is 35.9 Å².